The number of hydrogen-bond donors (Lipinski definition) is 1. The Balaban J connectivity index is 2.16. The molecule has 0 saturated heterocycles. The molecule has 0 radical (unpaired) electrons. The summed E-state index contributed by atoms with van der Waals surface area (Å²) in [5.74, 6) is 0.674. The third kappa shape index (κ3) is 3.49. The second-order valence-electron chi connectivity index (χ2n) is 4.54. The Kier molecular flexibility index (Phi) is 5.37. The van der Waals surface area contributed by atoms with Crippen molar-refractivity contribution in [3.05, 3.63) is 45.4 Å². The third-order valence-electron chi connectivity index (χ3n) is 3.21. The molecule has 6 heteroatoms. The van der Waals surface area contributed by atoms with E-state index < -0.39 is 0 Å². The number of nitrogens with two attached hydrogens (primary N) is 1. The molecule has 0 aliphatic heterocycles. The van der Waals surface area contributed by atoms with Crippen molar-refractivity contribution in [3.8, 4) is 5.75 Å². The lowest BCUT2D eigenvalue weighted by Crippen LogP contribution is -2.30. The van der Waals surface area contributed by atoms with Crippen LogP contribution in [0, 0.1) is 0 Å². The maximum absolute atomic E-state index is 6.18. The minimum atomic E-state index is 0.0973. The average molecular weight is 312 g/mol. The summed E-state index contributed by atoms with van der Waals surface area (Å²) in [6, 6.07) is 5.88. The minimum Gasteiger partial charge on any atom is -0.495 e. The molecule has 0 aliphatic carbocycles. The molecule has 1 atom stereocenters. The summed E-state index contributed by atoms with van der Waals surface area (Å²) in [7, 11) is 3.64. The van der Waals surface area contributed by atoms with Gasteiger partial charge < -0.3 is 10.5 Å². The van der Waals surface area contributed by atoms with Crippen molar-refractivity contribution in [1.29, 1.82) is 0 Å². The molecule has 0 fully saturated rings. The number of benzene rings is 1. The highest BCUT2D eigenvalue weighted by Gasteiger charge is 2.17. The van der Waals surface area contributed by atoms with Crippen LogP contribution < -0.4 is 10.5 Å². The lowest BCUT2D eigenvalue weighted by molar-refractivity contribution is 0.239. The van der Waals surface area contributed by atoms with Crippen LogP contribution in [0.1, 0.15) is 17.3 Å². The normalized spacial score (nSPS) is 12.7. The topological polar surface area (TPSA) is 51.4 Å². The van der Waals surface area contributed by atoms with Crippen LogP contribution in [0.2, 0.25) is 5.02 Å². The van der Waals surface area contributed by atoms with Gasteiger partial charge in [0.2, 0.25) is 0 Å². The maximum atomic E-state index is 6.18. The van der Waals surface area contributed by atoms with Crippen LogP contribution in [0.5, 0.6) is 5.75 Å². The number of thiazole rings is 1. The van der Waals surface area contributed by atoms with E-state index in [9.17, 15) is 0 Å². The molecule has 0 amide bonds. The lowest BCUT2D eigenvalue weighted by atomic mass is 10.1. The van der Waals surface area contributed by atoms with Crippen LogP contribution >= 0.6 is 22.9 Å². The molecule has 20 heavy (non-hydrogen) atoms. The number of methoxy groups -OCH3 is 1. The molecule has 1 aromatic heterocycles. The first-order valence-corrected chi connectivity index (χ1v) is 7.58. The van der Waals surface area contributed by atoms with Crippen LogP contribution in [-0.2, 0) is 6.54 Å². The van der Waals surface area contributed by atoms with E-state index in [0.29, 0.717) is 17.3 Å². The van der Waals surface area contributed by atoms with Gasteiger partial charge in [0.25, 0.3) is 0 Å². The summed E-state index contributed by atoms with van der Waals surface area (Å²) in [5.41, 5.74) is 9.89. The lowest BCUT2D eigenvalue weighted by Gasteiger charge is -2.27. The number of hydrogen-bond acceptors (Lipinski definition) is 5. The van der Waals surface area contributed by atoms with Crippen molar-refractivity contribution in [1.82, 2.24) is 9.88 Å². The summed E-state index contributed by atoms with van der Waals surface area (Å²) >= 11 is 7.78. The van der Waals surface area contributed by atoms with Gasteiger partial charge in [0.15, 0.2) is 0 Å². The first kappa shape index (κ1) is 15.3. The van der Waals surface area contributed by atoms with Gasteiger partial charge in [-0.1, -0.05) is 17.7 Å². The number of nitrogens with zero attached hydrogens (tertiary/aromatic N) is 2. The predicted octanol–water partition coefficient (Wildman–Crippen LogP) is 2.94. The van der Waals surface area contributed by atoms with Gasteiger partial charge in [-0.2, -0.15) is 0 Å². The summed E-state index contributed by atoms with van der Waals surface area (Å²) in [5, 5.41) is 2.65. The molecule has 1 unspecified atom stereocenters. The van der Waals surface area contributed by atoms with Crippen molar-refractivity contribution >= 4 is 22.9 Å². The molecule has 0 bridgehead atoms. The molecular weight excluding hydrogens is 294 g/mol. The number of ether oxygens (including phenoxy) is 1. The van der Waals surface area contributed by atoms with Crippen molar-refractivity contribution in [2.75, 3.05) is 20.7 Å². The van der Waals surface area contributed by atoms with Crippen LogP contribution in [0.15, 0.2) is 29.1 Å². The molecule has 0 saturated carbocycles. The Labute approximate surface area is 128 Å². The second-order valence-corrected chi connectivity index (χ2v) is 5.67. The molecule has 1 heterocycles. The summed E-state index contributed by atoms with van der Waals surface area (Å²) in [6.45, 7) is 1.28. The van der Waals surface area contributed by atoms with Crippen LogP contribution in [0.4, 0.5) is 0 Å². The second kappa shape index (κ2) is 7.04. The molecule has 2 rings (SSSR count). The highest BCUT2D eigenvalue weighted by Crippen LogP contribution is 2.29. The molecule has 1 aromatic carbocycles. The minimum absolute atomic E-state index is 0.0973. The van der Waals surface area contributed by atoms with E-state index in [0.717, 1.165) is 17.8 Å². The van der Waals surface area contributed by atoms with Crippen molar-refractivity contribution in [3.63, 3.8) is 0 Å². The smallest absolute Gasteiger partial charge is 0.137 e. The van der Waals surface area contributed by atoms with Gasteiger partial charge in [0.05, 0.1) is 23.3 Å². The molecular formula is C14H18ClN3OS. The fraction of sp³-hybridized carbons (Fsp3) is 0.357. The number of aromatic nitrogens is 1. The first-order valence-electron chi connectivity index (χ1n) is 6.26. The Hall–Kier alpha value is -1.14. The zero-order valence-electron chi connectivity index (χ0n) is 11.5. The van der Waals surface area contributed by atoms with Gasteiger partial charge in [-0.15, -0.1) is 11.3 Å². The van der Waals surface area contributed by atoms with Gasteiger partial charge in [-0.05, 0) is 24.7 Å². The predicted molar refractivity (Wildman–Crippen MR) is 83.4 cm³/mol. The van der Waals surface area contributed by atoms with Crippen LogP contribution in [-0.4, -0.2) is 30.6 Å². The summed E-state index contributed by atoms with van der Waals surface area (Å²) in [4.78, 5) is 6.48. The Morgan fingerprint density at radius 1 is 1.50 bits per heavy atom. The van der Waals surface area contributed by atoms with Crippen molar-refractivity contribution < 1.29 is 4.74 Å². The van der Waals surface area contributed by atoms with Gasteiger partial charge in [-0.3, -0.25) is 4.90 Å². The van der Waals surface area contributed by atoms with E-state index in [1.807, 2.05) is 36.1 Å². The first-order chi connectivity index (χ1) is 9.65. The zero-order chi connectivity index (χ0) is 14.5. The fourth-order valence-corrected chi connectivity index (χ4v) is 2.96. The third-order valence-corrected chi connectivity index (χ3v) is 4.14. The van der Waals surface area contributed by atoms with E-state index in [-0.39, 0.29) is 6.04 Å². The van der Waals surface area contributed by atoms with Gasteiger partial charge >= 0.3 is 0 Å². The van der Waals surface area contributed by atoms with Gasteiger partial charge in [-0.25, -0.2) is 4.98 Å². The Morgan fingerprint density at radius 3 is 2.85 bits per heavy atom. The average Bonchev–Trinajstić information content (AvgIpc) is 2.92. The largest absolute Gasteiger partial charge is 0.495 e. The molecule has 0 aliphatic rings. The van der Waals surface area contributed by atoms with E-state index in [2.05, 4.69) is 9.88 Å². The maximum Gasteiger partial charge on any atom is 0.137 e. The molecule has 108 valence electrons. The van der Waals surface area contributed by atoms with E-state index in [4.69, 9.17) is 22.1 Å². The molecule has 2 aromatic rings. The highest BCUT2D eigenvalue weighted by atomic mass is 35.5. The van der Waals surface area contributed by atoms with Crippen LogP contribution in [0.25, 0.3) is 0 Å². The Bertz CT molecular complexity index is 547. The number of likely N-dealkylation sites (N-methyl/N-ethyl adjacent to an activating group) is 1. The monoisotopic (exact) mass is 311 g/mol. The summed E-state index contributed by atoms with van der Waals surface area (Å²) < 4.78 is 5.17. The van der Waals surface area contributed by atoms with E-state index in [1.165, 1.54) is 0 Å². The SMILES string of the molecule is COc1ccc(C(CN)N(C)Cc2cscn2)cc1Cl. The number of rotatable bonds is 6. The summed E-state index contributed by atoms with van der Waals surface area (Å²) in [6.07, 6.45) is 0. The quantitative estimate of drug-likeness (QED) is 0.891. The van der Waals surface area contributed by atoms with Crippen molar-refractivity contribution in [2.24, 2.45) is 5.73 Å². The standard InChI is InChI=1S/C14H18ClN3OS/c1-18(7-11-8-20-9-17-11)13(6-16)10-3-4-14(19-2)12(15)5-10/h3-5,8-9,13H,6-7,16H2,1-2H3. The van der Waals surface area contributed by atoms with Gasteiger partial charge in [0.1, 0.15) is 5.75 Å². The van der Waals surface area contributed by atoms with Gasteiger partial charge in [0, 0.05) is 24.5 Å². The fourth-order valence-electron chi connectivity index (χ4n) is 2.14. The molecule has 2 N–H and O–H groups in total. The zero-order valence-corrected chi connectivity index (χ0v) is 13.1. The Morgan fingerprint density at radius 2 is 2.30 bits per heavy atom. The number of halogens is 1. The van der Waals surface area contributed by atoms with E-state index in [1.54, 1.807) is 18.4 Å². The highest BCUT2D eigenvalue weighted by molar-refractivity contribution is 7.07. The van der Waals surface area contributed by atoms with Crippen LogP contribution in [0.3, 0.4) is 0 Å². The van der Waals surface area contributed by atoms with Crippen molar-refractivity contribution in [2.45, 2.75) is 12.6 Å². The molecule has 4 nitrogen and oxygen atoms in total. The molecule has 0 spiro atoms. The van der Waals surface area contributed by atoms with E-state index >= 15 is 0 Å².